The molecule has 0 atom stereocenters. The molecule has 4 aromatic rings. The Hall–Kier alpha value is -4.04. The highest BCUT2D eigenvalue weighted by Crippen LogP contribution is 2.23. The molecule has 0 aliphatic carbocycles. The van der Waals surface area contributed by atoms with Gasteiger partial charge >= 0.3 is 0 Å². The molecule has 0 saturated carbocycles. The van der Waals surface area contributed by atoms with Crippen LogP contribution in [0, 0.1) is 27.7 Å². The van der Waals surface area contributed by atoms with Gasteiger partial charge in [-0.15, -0.1) is 0 Å². The minimum absolute atomic E-state index is 0.116. The number of hydrogen-bond acceptors (Lipinski definition) is 10. The molecular weight excluding hydrogens is 508 g/mol. The zero-order valence-corrected chi connectivity index (χ0v) is 21.6. The van der Waals surface area contributed by atoms with E-state index in [1.807, 2.05) is 0 Å². The van der Waals surface area contributed by atoms with E-state index in [1.165, 1.54) is 48.5 Å². The SMILES string of the molecule is Cc1noc(NS(=O)(=O)c2ccc(N)cc2)c1C.Cc1noc(NS(=O)(=O)c2ccc(N)cc2)c1C. The second-order valence-electron chi connectivity index (χ2n) is 7.79. The monoisotopic (exact) mass is 534 g/mol. The van der Waals surface area contributed by atoms with Crippen LogP contribution in [0.3, 0.4) is 0 Å². The summed E-state index contributed by atoms with van der Waals surface area (Å²) in [6.45, 7) is 6.93. The van der Waals surface area contributed by atoms with Crippen LogP contribution in [0.2, 0.25) is 0 Å². The highest BCUT2D eigenvalue weighted by atomic mass is 32.2. The molecule has 4 rings (SSSR count). The van der Waals surface area contributed by atoms with Gasteiger partial charge in [0.1, 0.15) is 0 Å². The molecule has 36 heavy (non-hydrogen) atoms. The van der Waals surface area contributed by atoms with Gasteiger partial charge in [-0.25, -0.2) is 26.3 Å². The third kappa shape index (κ3) is 6.14. The van der Waals surface area contributed by atoms with Gasteiger partial charge in [0, 0.05) is 22.5 Å². The van der Waals surface area contributed by atoms with Gasteiger partial charge in [0.2, 0.25) is 11.8 Å². The highest BCUT2D eigenvalue weighted by Gasteiger charge is 2.20. The van der Waals surface area contributed by atoms with E-state index < -0.39 is 20.0 Å². The molecule has 0 amide bonds. The van der Waals surface area contributed by atoms with Crippen LogP contribution in [-0.2, 0) is 20.0 Å². The molecule has 0 fully saturated rings. The lowest BCUT2D eigenvalue weighted by molar-refractivity contribution is 0.430. The van der Waals surface area contributed by atoms with Gasteiger partial charge in [-0.1, -0.05) is 10.3 Å². The second-order valence-corrected chi connectivity index (χ2v) is 11.2. The number of benzene rings is 2. The maximum atomic E-state index is 12.0. The van der Waals surface area contributed by atoms with Gasteiger partial charge in [0.05, 0.1) is 21.2 Å². The molecule has 2 heterocycles. The molecule has 0 spiro atoms. The van der Waals surface area contributed by atoms with E-state index in [9.17, 15) is 16.8 Å². The van der Waals surface area contributed by atoms with Crippen LogP contribution >= 0.6 is 0 Å². The summed E-state index contributed by atoms with van der Waals surface area (Å²) in [7, 11) is -7.36. The summed E-state index contributed by atoms with van der Waals surface area (Å²) in [6.07, 6.45) is 0. The van der Waals surface area contributed by atoms with Crippen molar-refractivity contribution in [1.82, 2.24) is 10.3 Å². The molecule has 0 aliphatic rings. The van der Waals surface area contributed by atoms with Crippen LogP contribution in [0.4, 0.5) is 23.1 Å². The number of nitrogens with two attached hydrogens (primary N) is 2. The van der Waals surface area contributed by atoms with Crippen LogP contribution in [0.25, 0.3) is 0 Å². The van der Waals surface area contributed by atoms with Gasteiger partial charge in [0.25, 0.3) is 20.0 Å². The second kappa shape index (κ2) is 10.3. The van der Waals surface area contributed by atoms with E-state index in [1.54, 1.807) is 27.7 Å². The lowest BCUT2D eigenvalue weighted by Gasteiger charge is -2.05. The maximum absolute atomic E-state index is 12.0. The Labute approximate surface area is 208 Å². The number of nitrogens with one attached hydrogen (secondary N) is 2. The first-order valence-electron chi connectivity index (χ1n) is 10.4. The standard InChI is InChI=1S/2C11H13N3O3S/c2*1-7-8(2)13-17-11(7)14-18(15,16)10-5-3-9(12)4-6-10/h2*3-6,14H,12H2,1-2H3. The molecule has 12 nitrogen and oxygen atoms in total. The van der Waals surface area contributed by atoms with E-state index in [0.29, 0.717) is 33.9 Å². The number of aromatic nitrogens is 2. The first-order valence-corrected chi connectivity index (χ1v) is 13.4. The Kier molecular flexibility index (Phi) is 7.59. The summed E-state index contributed by atoms with van der Waals surface area (Å²) in [4.78, 5) is 0.232. The van der Waals surface area contributed by atoms with Crippen LogP contribution in [-0.4, -0.2) is 27.1 Å². The number of hydrogen-bond donors (Lipinski definition) is 4. The Balaban J connectivity index is 0.000000201. The fraction of sp³-hybridized carbons (Fsp3) is 0.182. The molecule has 0 radical (unpaired) electrons. The van der Waals surface area contributed by atoms with Crippen LogP contribution in [0.1, 0.15) is 22.5 Å². The van der Waals surface area contributed by atoms with E-state index in [-0.39, 0.29) is 21.6 Å². The summed E-state index contributed by atoms with van der Waals surface area (Å²) in [5.74, 6) is 0.258. The third-order valence-electron chi connectivity index (χ3n) is 5.15. The zero-order valence-electron chi connectivity index (χ0n) is 19.9. The molecule has 2 aromatic heterocycles. The molecule has 0 aliphatic heterocycles. The summed E-state index contributed by atoms with van der Waals surface area (Å²) < 4.78 is 62.7. The van der Waals surface area contributed by atoms with Crippen LogP contribution in [0.5, 0.6) is 0 Å². The van der Waals surface area contributed by atoms with E-state index in [2.05, 4.69) is 19.8 Å². The van der Waals surface area contributed by atoms with Crippen molar-refractivity contribution in [3.8, 4) is 0 Å². The Morgan fingerprint density at radius 2 is 0.917 bits per heavy atom. The van der Waals surface area contributed by atoms with Crippen LogP contribution < -0.4 is 20.9 Å². The average Bonchev–Trinajstić information content (AvgIpc) is 3.30. The average molecular weight is 535 g/mol. The van der Waals surface area contributed by atoms with Gasteiger partial charge < -0.3 is 20.5 Å². The van der Waals surface area contributed by atoms with Gasteiger partial charge in [0.15, 0.2) is 0 Å². The van der Waals surface area contributed by atoms with Crippen LogP contribution in [0.15, 0.2) is 67.4 Å². The highest BCUT2D eigenvalue weighted by molar-refractivity contribution is 7.93. The topological polar surface area (TPSA) is 196 Å². The molecule has 14 heteroatoms. The zero-order chi connectivity index (χ0) is 26.7. The van der Waals surface area contributed by atoms with Gasteiger partial charge in [-0.3, -0.25) is 0 Å². The fourth-order valence-corrected chi connectivity index (χ4v) is 4.77. The Bertz CT molecular complexity index is 1440. The van der Waals surface area contributed by atoms with Crippen molar-refractivity contribution in [3.63, 3.8) is 0 Å². The predicted molar refractivity (Wildman–Crippen MR) is 135 cm³/mol. The first-order chi connectivity index (χ1) is 16.8. The van der Waals surface area contributed by atoms with Crippen molar-refractivity contribution in [1.29, 1.82) is 0 Å². The lowest BCUT2D eigenvalue weighted by atomic mass is 10.3. The summed E-state index contributed by atoms with van der Waals surface area (Å²) in [5, 5.41) is 7.37. The number of nitrogen functional groups attached to an aromatic ring is 2. The third-order valence-corrected chi connectivity index (χ3v) is 7.84. The molecule has 0 bridgehead atoms. The Morgan fingerprint density at radius 3 is 1.17 bits per heavy atom. The molecule has 0 saturated heterocycles. The van der Waals surface area contributed by atoms with Crippen molar-refractivity contribution >= 4 is 43.2 Å². The number of nitrogens with zero attached hydrogens (tertiary/aromatic N) is 2. The van der Waals surface area contributed by atoms with Crippen molar-refractivity contribution in [3.05, 3.63) is 71.0 Å². The lowest BCUT2D eigenvalue weighted by Crippen LogP contribution is -2.13. The van der Waals surface area contributed by atoms with E-state index >= 15 is 0 Å². The molecular formula is C22H26N6O6S2. The van der Waals surface area contributed by atoms with Crippen molar-refractivity contribution in [2.24, 2.45) is 0 Å². The molecule has 2 aromatic carbocycles. The maximum Gasteiger partial charge on any atom is 0.264 e. The normalized spacial score (nSPS) is 11.4. The largest absolute Gasteiger partial charge is 0.399 e. The summed E-state index contributed by atoms with van der Waals surface area (Å²) in [5.41, 5.74) is 14.6. The minimum Gasteiger partial charge on any atom is -0.399 e. The minimum atomic E-state index is -3.68. The van der Waals surface area contributed by atoms with E-state index in [4.69, 9.17) is 20.5 Å². The number of sulfonamides is 2. The number of rotatable bonds is 6. The van der Waals surface area contributed by atoms with Gasteiger partial charge in [-0.05, 0) is 76.2 Å². The quantitative estimate of drug-likeness (QED) is 0.266. The molecule has 192 valence electrons. The van der Waals surface area contributed by atoms with Crippen molar-refractivity contribution < 1.29 is 25.9 Å². The summed E-state index contributed by atoms with van der Waals surface area (Å²) in [6, 6.07) is 11.8. The molecule has 0 unspecified atom stereocenters. The Morgan fingerprint density at radius 1 is 0.611 bits per heavy atom. The summed E-state index contributed by atoms with van der Waals surface area (Å²) >= 11 is 0. The number of aryl methyl sites for hydroxylation is 2. The first kappa shape index (κ1) is 26.6. The molecule has 6 N–H and O–H groups in total. The van der Waals surface area contributed by atoms with Gasteiger partial charge in [-0.2, -0.15) is 0 Å². The fourth-order valence-electron chi connectivity index (χ4n) is 2.68. The smallest absolute Gasteiger partial charge is 0.264 e. The van der Waals surface area contributed by atoms with Crippen molar-refractivity contribution in [2.75, 3.05) is 20.9 Å². The van der Waals surface area contributed by atoms with Crippen molar-refractivity contribution in [2.45, 2.75) is 37.5 Å². The predicted octanol–water partition coefficient (Wildman–Crippen LogP) is 3.35. The van der Waals surface area contributed by atoms with E-state index in [0.717, 1.165) is 0 Å². The number of anilines is 4.